The van der Waals surface area contributed by atoms with Crippen LogP contribution in [0.25, 0.3) is 0 Å². The molecule has 1 saturated heterocycles. The fourth-order valence-electron chi connectivity index (χ4n) is 1.71. The van der Waals surface area contributed by atoms with Crippen LogP contribution in [0.15, 0.2) is 10.6 Å². The third-order valence-electron chi connectivity index (χ3n) is 2.71. The number of aromatic nitrogens is 1. The monoisotopic (exact) mass is 233 g/mol. The minimum absolute atomic E-state index is 0. The molecule has 1 N–H and O–H groups in total. The Morgan fingerprint density at radius 3 is 2.71 bits per heavy atom. The Hall–Kier alpha value is -0.803. The molecule has 1 aromatic rings. The van der Waals surface area contributed by atoms with Crippen LogP contribution in [0.3, 0.4) is 0 Å². The van der Waals surface area contributed by atoms with Crippen LogP contribution in [0.5, 0.6) is 0 Å². The molecular weight excluding hydrogens is 217 g/mol. The molecule has 1 aliphatic heterocycles. The van der Waals surface area contributed by atoms with E-state index in [-0.39, 0.29) is 26.2 Å². The van der Waals surface area contributed by atoms with E-state index in [9.17, 15) is 4.79 Å². The standard InChI is InChI=1S/C10H15N3O3.Li.H/c1-12-2-4-13(5-3-12)7-8-6-11-9(16-8)10(14)15;;/h6H,2-5,7H2,1H3,(H,14,15);;/q;+1;-1. The second-order valence-electron chi connectivity index (χ2n) is 4.02. The molecule has 0 saturated carbocycles. The molecule has 2 heterocycles. The third-order valence-corrected chi connectivity index (χ3v) is 2.71. The minimum Gasteiger partial charge on any atom is -1.00 e. The zero-order valence-electron chi connectivity index (χ0n) is 11.2. The summed E-state index contributed by atoms with van der Waals surface area (Å²) in [6, 6.07) is 0. The molecule has 2 rings (SSSR count). The second-order valence-corrected chi connectivity index (χ2v) is 4.02. The molecule has 0 unspecified atom stereocenters. The molecule has 7 heteroatoms. The summed E-state index contributed by atoms with van der Waals surface area (Å²) in [7, 11) is 2.09. The number of oxazole rings is 1. The van der Waals surface area contributed by atoms with E-state index < -0.39 is 5.97 Å². The minimum atomic E-state index is -1.12. The Morgan fingerprint density at radius 2 is 2.18 bits per heavy atom. The SMILES string of the molecule is CN1CCN(Cc2cnc(C(=O)O)o2)CC1.[H-].[Li+]. The number of carboxylic acid groups (broad SMARTS) is 1. The van der Waals surface area contributed by atoms with Gasteiger partial charge in [-0.1, -0.05) is 0 Å². The molecular formula is C10H16LiN3O3. The maximum atomic E-state index is 10.6. The largest absolute Gasteiger partial charge is 1.00 e. The van der Waals surface area contributed by atoms with Gasteiger partial charge in [-0.25, -0.2) is 9.78 Å². The quantitative estimate of drug-likeness (QED) is 0.570. The summed E-state index contributed by atoms with van der Waals surface area (Å²) in [4.78, 5) is 18.8. The molecule has 17 heavy (non-hydrogen) atoms. The van der Waals surface area contributed by atoms with E-state index in [2.05, 4.69) is 21.8 Å². The van der Waals surface area contributed by atoms with Gasteiger partial charge in [0.2, 0.25) is 0 Å². The van der Waals surface area contributed by atoms with Gasteiger partial charge < -0.3 is 15.9 Å². The number of piperazine rings is 1. The fourth-order valence-corrected chi connectivity index (χ4v) is 1.71. The summed E-state index contributed by atoms with van der Waals surface area (Å²) in [5, 5.41) is 8.66. The number of aromatic carboxylic acids is 1. The van der Waals surface area contributed by atoms with Crippen LogP contribution in [0.1, 0.15) is 17.9 Å². The smallest absolute Gasteiger partial charge is 1.00 e. The van der Waals surface area contributed by atoms with Gasteiger partial charge in [-0.05, 0) is 7.05 Å². The number of hydrogen-bond donors (Lipinski definition) is 1. The summed E-state index contributed by atoms with van der Waals surface area (Å²) in [5.74, 6) is -0.740. The van der Waals surface area contributed by atoms with E-state index >= 15 is 0 Å². The first kappa shape index (κ1) is 14.3. The van der Waals surface area contributed by atoms with E-state index in [1.807, 2.05) is 0 Å². The Bertz CT molecular complexity index is 380. The van der Waals surface area contributed by atoms with E-state index in [0.717, 1.165) is 26.2 Å². The van der Waals surface area contributed by atoms with Crippen molar-refractivity contribution in [2.75, 3.05) is 33.2 Å². The maximum Gasteiger partial charge on any atom is 1.00 e. The maximum absolute atomic E-state index is 10.6. The van der Waals surface area contributed by atoms with Gasteiger partial charge in [0.25, 0.3) is 0 Å². The average Bonchev–Trinajstić information content (AvgIpc) is 2.70. The second kappa shape index (κ2) is 6.22. The summed E-state index contributed by atoms with van der Waals surface area (Å²) >= 11 is 0. The van der Waals surface area contributed by atoms with Crippen LogP contribution < -0.4 is 18.9 Å². The third kappa shape index (κ3) is 3.86. The predicted octanol–water partition coefficient (Wildman–Crippen LogP) is -2.76. The number of carboxylic acids is 1. The van der Waals surface area contributed by atoms with Crippen LogP contribution in [0.4, 0.5) is 0 Å². The number of nitrogens with zero attached hydrogens (tertiary/aromatic N) is 3. The first-order valence-corrected chi connectivity index (χ1v) is 5.24. The van der Waals surface area contributed by atoms with Crippen molar-refractivity contribution in [3.63, 3.8) is 0 Å². The van der Waals surface area contributed by atoms with Crippen molar-refractivity contribution in [3.05, 3.63) is 17.8 Å². The zero-order valence-corrected chi connectivity index (χ0v) is 10.2. The summed E-state index contributed by atoms with van der Waals surface area (Å²) in [6.07, 6.45) is 1.49. The van der Waals surface area contributed by atoms with Crippen molar-refractivity contribution < 1.29 is 34.6 Å². The topological polar surface area (TPSA) is 69.8 Å². The van der Waals surface area contributed by atoms with Crippen LogP contribution in [-0.4, -0.2) is 59.1 Å². The van der Waals surface area contributed by atoms with Crippen molar-refractivity contribution in [2.24, 2.45) is 0 Å². The van der Waals surface area contributed by atoms with Crippen molar-refractivity contribution >= 4 is 5.97 Å². The van der Waals surface area contributed by atoms with E-state index in [1.165, 1.54) is 6.20 Å². The van der Waals surface area contributed by atoms with E-state index in [1.54, 1.807) is 0 Å². The Balaban J connectivity index is 0.00000144. The van der Waals surface area contributed by atoms with Crippen molar-refractivity contribution in [1.29, 1.82) is 0 Å². The Morgan fingerprint density at radius 1 is 1.53 bits per heavy atom. The number of rotatable bonds is 3. The van der Waals surface area contributed by atoms with Crippen LogP contribution in [-0.2, 0) is 6.54 Å². The van der Waals surface area contributed by atoms with E-state index in [0.29, 0.717) is 12.3 Å². The summed E-state index contributed by atoms with van der Waals surface area (Å²) in [5.41, 5.74) is 0. The average molecular weight is 233 g/mol. The van der Waals surface area contributed by atoms with Gasteiger partial charge in [0, 0.05) is 26.2 Å². The Labute approximate surface area is 113 Å². The first-order chi connectivity index (χ1) is 7.65. The van der Waals surface area contributed by atoms with Crippen molar-refractivity contribution in [1.82, 2.24) is 14.8 Å². The van der Waals surface area contributed by atoms with Crippen LogP contribution in [0, 0.1) is 0 Å². The number of likely N-dealkylation sites (N-methyl/N-ethyl adjacent to an activating group) is 1. The predicted molar refractivity (Wildman–Crippen MR) is 57.3 cm³/mol. The molecule has 0 aliphatic carbocycles. The van der Waals surface area contributed by atoms with Gasteiger partial charge in [-0.15, -0.1) is 0 Å². The zero-order chi connectivity index (χ0) is 11.5. The van der Waals surface area contributed by atoms with Crippen molar-refractivity contribution in [2.45, 2.75) is 6.54 Å². The number of carbonyl (C=O) groups is 1. The normalized spacial score (nSPS) is 17.7. The first-order valence-electron chi connectivity index (χ1n) is 5.24. The van der Waals surface area contributed by atoms with Gasteiger partial charge in [0.15, 0.2) is 0 Å². The van der Waals surface area contributed by atoms with Crippen LogP contribution >= 0.6 is 0 Å². The molecule has 0 spiro atoms. The molecule has 6 nitrogen and oxygen atoms in total. The molecule has 1 fully saturated rings. The van der Waals surface area contributed by atoms with Gasteiger partial charge in [-0.3, -0.25) is 4.90 Å². The van der Waals surface area contributed by atoms with Crippen LogP contribution in [0.2, 0.25) is 0 Å². The number of hydrogen-bond acceptors (Lipinski definition) is 5. The van der Waals surface area contributed by atoms with Gasteiger partial charge in [-0.2, -0.15) is 0 Å². The molecule has 0 atom stereocenters. The molecule has 0 radical (unpaired) electrons. The molecule has 0 bridgehead atoms. The Kier molecular flexibility index (Phi) is 5.21. The summed E-state index contributed by atoms with van der Waals surface area (Å²) in [6.45, 7) is 4.63. The van der Waals surface area contributed by atoms with Gasteiger partial charge in [0.05, 0.1) is 12.7 Å². The molecule has 0 amide bonds. The van der Waals surface area contributed by atoms with Crippen molar-refractivity contribution in [3.8, 4) is 0 Å². The summed E-state index contributed by atoms with van der Waals surface area (Å²) < 4.78 is 5.11. The van der Waals surface area contributed by atoms with E-state index in [4.69, 9.17) is 9.52 Å². The molecule has 90 valence electrons. The fraction of sp³-hybridized carbons (Fsp3) is 0.600. The molecule has 1 aliphatic rings. The molecule has 0 aromatic carbocycles. The molecule has 1 aromatic heterocycles. The van der Waals surface area contributed by atoms with Gasteiger partial charge >= 0.3 is 30.7 Å². The van der Waals surface area contributed by atoms with Gasteiger partial charge in [0.1, 0.15) is 5.76 Å².